The first-order valence-corrected chi connectivity index (χ1v) is 5.91. The third kappa shape index (κ3) is 2.84. The lowest BCUT2D eigenvalue weighted by Gasteiger charge is -2.31. The Morgan fingerprint density at radius 2 is 2.11 bits per heavy atom. The zero-order valence-electron chi connectivity index (χ0n) is 10.4. The van der Waals surface area contributed by atoms with Crippen LogP contribution in [0.1, 0.15) is 11.8 Å². The summed E-state index contributed by atoms with van der Waals surface area (Å²) in [6.07, 6.45) is -0.682. The Labute approximate surface area is 107 Å². The lowest BCUT2D eigenvalue weighted by Crippen LogP contribution is -2.39. The van der Waals surface area contributed by atoms with E-state index in [1.807, 2.05) is 4.90 Å². The molecule has 2 rings (SSSR count). The quantitative estimate of drug-likeness (QED) is 0.689. The first-order valence-electron chi connectivity index (χ1n) is 5.91. The van der Waals surface area contributed by atoms with Crippen LogP contribution in [-0.2, 0) is 4.74 Å². The SMILES string of the molecule is COc1ccc(C(O)N2CCOCC2)cc1[B]O. The summed E-state index contributed by atoms with van der Waals surface area (Å²) in [5.74, 6) is 0.579. The van der Waals surface area contributed by atoms with Gasteiger partial charge >= 0.3 is 7.48 Å². The van der Waals surface area contributed by atoms with Crippen molar-refractivity contribution in [2.24, 2.45) is 0 Å². The van der Waals surface area contributed by atoms with Crippen molar-refractivity contribution < 1.29 is 19.6 Å². The third-order valence-corrected chi connectivity index (χ3v) is 3.08. The van der Waals surface area contributed by atoms with Crippen LogP contribution in [0, 0.1) is 0 Å². The molecule has 97 valence electrons. The monoisotopic (exact) mass is 250 g/mol. The molecule has 0 aliphatic carbocycles. The Morgan fingerprint density at radius 3 is 2.72 bits per heavy atom. The molecule has 0 aromatic heterocycles. The van der Waals surface area contributed by atoms with E-state index in [1.165, 1.54) is 0 Å². The predicted molar refractivity (Wildman–Crippen MR) is 68.0 cm³/mol. The maximum atomic E-state index is 10.3. The van der Waals surface area contributed by atoms with Crippen LogP contribution in [-0.4, -0.2) is 55.9 Å². The molecular weight excluding hydrogens is 233 g/mol. The minimum absolute atomic E-state index is 0.558. The average molecular weight is 250 g/mol. The molecule has 2 N–H and O–H groups in total. The number of benzene rings is 1. The second-order valence-corrected chi connectivity index (χ2v) is 4.15. The first kappa shape index (κ1) is 13.4. The Morgan fingerprint density at radius 1 is 1.39 bits per heavy atom. The number of ether oxygens (including phenoxy) is 2. The van der Waals surface area contributed by atoms with Crippen LogP contribution in [0.5, 0.6) is 5.75 Å². The number of rotatable bonds is 4. The van der Waals surface area contributed by atoms with E-state index in [0.717, 1.165) is 13.0 Å². The van der Waals surface area contributed by atoms with Gasteiger partial charge in [-0.05, 0) is 17.1 Å². The van der Waals surface area contributed by atoms with Crippen LogP contribution in [0.25, 0.3) is 0 Å². The molecule has 0 amide bonds. The summed E-state index contributed by atoms with van der Waals surface area (Å²) in [4.78, 5) is 1.94. The zero-order valence-corrected chi connectivity index (χ0v) is 10.4. The molecule has 1 atom stereocenters. The zero-order chi connectivity index (χ0) is 13.0. The maximum Gasteiger partial charge on any atom is 0.330 e. The van der Waals surface area contributed by atoms with Crippen LogP contribution < -0.4 is 10.2 Å². The molecule has 1 saturated heterocycles. The minimum Gasteiger partial charge on any atom is -0.497 e. The lowest BCUT2D eigenvalue weighted by molar-refractivity contribution is -0.0603. The van der Waals surface area contributed by atoms with Crippen LogP contribution in [0.15, 0.2) is 18.2 Å². The van der Waals surface area contributed by atoms with Crippen molar-refractivity contribution in [3.63, 3.8) is 0 Å². The van der Waals surface area contributed by atoms with Gasteiger partial charge in [-0.15, -0.1) is 0 Å². The second kappa shape index (κ2) is 6.20. The number of hydrogen-bond donors (Lipinski definition) is 2. The minimum atomic E-state index is -0.682. The first-order chi connectivity index (χ1) is 8.76. The van der Waals surface area contributed by atoms with E-state index in [0.29, 0.717) is 37.5 Å². The molecule has 0 saturated carbocycles. The molecule has 1 unspecified atom stereocenters. The van der Waals surface area contributed by atoms with Gasteiger partial charge in [0.05, 0.1) is 20.3 Å². The van der Waals surface area contributed by atoms with Gasteiger partial charge in [0.1, 0.15) is 12.0 Å². The molecule has 1 radical (unpaired) electrons. The van der Waals surface area contributed by atoms with E-state index >= 15 is 0 Å². The summed E-state index contributed by atoms with van der Waals surface area (Å²) in [5, 5.41) is 19.4. The standard InChI is InChI=1S/C12H17BNO4/c1-17-11-3-2-9(8-10(11)13-16)12(15)14-4-6-18-7-5-14/h2-3,8,12,15-16H,4-7H2,1H3. The fourth-order valence-electron chi connectivity index (χ4n) is 2.05. The molecule has 1 fully saturated rings. The van der Waals surface area contributed by atoms with Gasteiger partial charge in [0.2, 0.25) is 0 Å². The van der Waals surface area contributed by atoms with Gasteiger partial charge in [-0.3, -0.25) is 4.90 Å². The number of aliphatic hydroxyl groups is 1. The Bertz CT molecular complexity index is 396. The lowest BCUT2D eigenvalue weighted by atomic mass is 9.86. The van der Waals surface area contributed by atoms with E-state index in [1.54, 1.807) is 25.3 Å². The molecular formula is C12H17BNO4. The summed E-state index contributed by atoms with van der Waals surface area (Å²) < 4.78 is 10.4. The summed E-state index contributed by atoms with van der Waals surface area (Å²) in [6.45, 7) is 2.66. The van der Waals surface area contributed by atoms with Crippen molar-refractivity contribution in [1.82, 2.24) is 4.90 Å². The van der Waals surface area contributed by atoms with Gasteiger partial charge in [0.15, 0.2) is 0 Å². The van der Waals surface area contributed by atoms with E-state index < -0.39 is 6.23 Å². The van der Waals surface area contributed by atoms with Gasteiger partial charge < -0.3 is 19.6 Å². The molecule has 1 aliphatic heterocycles. The van der Waals surface area contributed by atoms with Gasteiger partial charge in [0.25, 0.3) is 0 Å². The van der Waals surface area contributed by atoms with Crippen molar-refractivity contribution >= 4 is 12.9 Å². The topological polar surface area (TPSA) is 62.2 Å². The smallest absolute Gasteiger partial charge is 0.330 e. The number of methoxy groups -OCH3 is 1. The molecule has 1 aromatic carbocycles. The number of aliphatic hydroxyl groups excluding tert-OH is 1. The fourth-order valence-corrected chi connectivity index (χ4v) is 2.05. The summed E-state index contributed by atoms with van der Waals surface area (Å²) >= 11 is 0. The highest BCUT2D eigenvalue weighted by Gasteiger charge is 2.21. The average Bonchev–Trinajstić information content (AvgIpc) is 2.46. The van der Waals surface area contributed by atoms with Crippen LogP contribution in [0.4, 0.5) is 0 Å². The van der Waals surface area contributed by atoms with E-state index in [4.69, 9.17) is 14.5 Å². The van der Waals surface area contributed by atoms with Crippen molar-refractivity contribution in [3.05, 3.63) is 23.8 Å². The number of morpholine rings is 1. The number of nitrogens with zero attached hydrogens (tertiary/aromatic N) is 1. The molecule has 6 heteroatoms. The summed E-state index contributed by atoms with van der Waals surface area (Å²) in [6, 6.07) is 5.26. The van der Waals surface area contributed by atoms with Gasteiger partial charge in [0, 0.05) is 13.1 Å². The van der Waals surface area contributed by atoms with Crippen LogP contribution in [0.3, 0.4) is 0 Å². The van der Waals surface area contributed by atoms with Crippen LogP contribution >= 0.6 is 0 Å². The highest BCUT2D eigenvalue weighted by atomic mass is 16.5. The predicted octanol–water partition coefficient (Wildman–Crippen LogP) is -0.745. The molecule has 0 bridgehead atoms. The highest BCUT2D eigenvalue weighted by Crippen LogP contribution is 2.20. The molecule has 1 aliphatic rings. The second-order valence-electron chi connectivity index (χ2n) is 4.15. The highest BCUT2D eigenvalue weighted by molar-refractivity contribution is 6.47. The molecule has 0 spiro atoms. The van der Waals surface area contributed by atoms with Crippen molar-refractivity contribution in [3.8, 4) is 5.75 Å². The number of hydrogen-bond acceptors (Lipinski definition) is 5. The molecule has 5 nitrogen and oxygen atoms in total. The largest absolute Gasteiger partial charge is 0.497 e. The Kier molecular flexibility index (Phi) is 4.60. The van der Waals surface area contributed by atoms with Gasteiger partial charge in [-0.1, -0.05) is 12.1 Å². The third-order valence-electron chi connectivity index (χ3n) is 3.08. The normalized spacial score (nSPS) is 18.4. The van der Waals surface area contributed by atoms with E-state index in [2.05, 4.69) is 0 Å². The molecule has 1 heterocycles. The Balaban J connectivity index is 2.16. The van der Waals surface area contributed by atoms with Crippen molar-refractivity contribution in [2.45, 2.75) is 6.23 Å². The van der Waals surface area contributed by atoms with Gasteiger partial charge in [-0.25, -0.2) is 0 Å². The summed E-state index contributed by atoms with van der Waals surface area (Å²) in [7, 11) is 2.52. The van der Waals surface area contributed by atoms with E-state index in [9.17, 15) is 5.11 Å². The van der Waals surface area contributed by atoms with Crippen LogP contribution in [0.2, 0.25) is 0 Å². The van der Waals surface area contributed by atoms with Crippen molar-refractivity contribution in [2.75, 3.05) is 33.4 Å². The van der Waals surface area contributed by atoms with E-state index in [-0.39, 0.29) is 0 Å². The molecule has 1 aromatic rings. The summed E-state index contributed by atoms with van der Waals surface area (Å²) in [5.41, 5.74) is 1.29. The Hall–Kier alpha value is -1.08. The maximum absolute atomic E-state index is 10.3. The molecule has 18 heavy (non-hydrogen) atoms. The van der Waals surface area contributed by atoms with Gasteiger partial charge in [-0.2, -0.15) is 0 Å². The van der Waals surface area contributed by atoms with Crippen molar-refractivity contribution in [1.29, 1.82) is 0 Å². The fraction of sp³-hybridized carbons (Fsp3) is 0.500.